The fourth-order valence-electron chi connectivity index (χ4n) is 2.36. The van der Waals surface area contributed by atoms with Crippen molar-refractivity contribution in [2.75, 3.05) is 10.8 Å². The predicted octanol–water partition coefficient (Wildman–Crippen LogP) is 2.56. The van der Waals surface area contributed by atoms with Gasteiger partial charge >= 0.3 is 6.18 Å². The minimum atomic E-state index is -4.50. The van der Waals surface area contributed by atoms with Crippen molar-refractivity contribution < 1.29 is 21.6 Å². The Labute approximate surface area is 130 Å². The summed E-state index contributed by atoms with van der Waals surface area (Å²) in [6.45, 7) is 1.78. The summed E-state index contributed by atoms with van der Waals surface area (Å²) in [7, 11) is -3.89. The average Bonchev–Trinajstić information content (AvgIpc) is 2.90. The summed E-state index contributed by atoms with van der Waals surface area (Å²) in [6, 6.07) is 3.93. The molecule has 0 radical (unpaired) electrons. The summed E-state index contributed by atoms with van der Waals surface area (Å²) in [5.41, 5.74) is 0.0506. The number of hydrogen-bond acceptors (Lipinski definition) is 4. The number of halogens is 3. The number of sulfonamides is 1. The number of aryl methyl sites for hydroxylation is 1. The first-order chi connectivity index (χ1) is 10.7. The van der Waals surface area contributed by atoms with Crippen LogP contribution in [-0.4, -0.2) is 24.9 Å². The Morgan fingerprint density at radius 1 is 1.17 bits per heavy atom. The molecular weight excluding hydrogens is 331 g/mol. The molecule has 5 nitrogen and oxygen atoms in total. The first-order valence-electron chi connectivity index (χ1n) is 6.71. The van der Waals surface area contributed by atoms with Crippen molar-refractivity contribution in [3.63, 3.8) is 0 Å². The Hall–Kier alpha value is -2.16. The van der Waals surface area contributed by atoms with Crippen LogP contribution in [0.25, 0.3) is 0 Å². The lowest BCUT2D eigenvalue weighted by atomic mass is 10.1. The molecule has 9 heteroatoms. The van der Waals surface area contributed by atoms with Gasteiger partial charge in [-0.15, -0.1) is 0 Å². The van der Waals surface area contributed by atoms with Crippen LogP contribution in [0.4, 0.5) is 19.0 Å². The molecule has 0 aliphatic carbocycles. The van der Waals surface area contributed by atoms with E-state index in [0.29, 0.717) is 11.9 Å². The van der Waals surface area contributed by atoms with Crippen LogP contribution in [0.1, 0.15) is 16.8 Å². The van der Waals surface area contributed by atoms with Gasteiger partial charge in [0.05, 0.1) is 5.56 Å². The number of nitrogens with zero attached hydrogens (tertiary/aromatic N) is 3. The third-order valence-electron chi connectivity index (χ3n) is 3.56. The first kappa shape index (κ1) is 15.7. The zero-order valence-electron chi connectivity index (χ0n) is 12.0. The zero-order chi connectivity index (χ0) is 16.8. The molecule has 0 atom stereocenters. The van der Waals surface area contributed by atoms with Gasteiger partial charge < -0.3 is 0 Å². The van der Waals surface area contributed by atoms with Crippen molar-refractivity contribution in [1.29, 1.82) is 0 Å². The Morgan fingerprint density at radius 2 is 1.91 bits per heavy atom. The average molecular weight is 343 g/mol. The minimum absolute atomic E-state index is 0.0161. The lowest BCUT2D eigenvalue weighted by Crippen LogP contribution is -2.29. The van der Waals surface area contributed by atoms with E-state index in [0.717, 1.165) is 10.4 Å². The predicted molar refractivity (Wildman–Crippen MR) is 76.4 cm³/mol. The lowest BCUT2D eigenvalue weighted by Gasteiger charge is -2.18. The molecule has 1 aliphatic rings. The maximum atomic E-state index is 12.7. The Kier molecular flexibility index (Phi) is 3.55. The summed E-state index contributed by atoms with van der Waals surface area (Å²) in [6.07, 6.45) is -2.44. The van der Waals surface area contributed by atoms with Gasteiger partial charge in [0, 0.05) is 24.6 Å². The van der Waals surface area contributed by atoms with E-state index in [9.17, 15) is 21.6 Å². The summed E-state index contributed by atoms with van der Waals surface area (Å²) in [4.78, 5) is 7.65. The van der Waals surface area contributed by atoms with Gasteiger partial charge in [-0.3, -0.25) is 4.98 Å². The van der Waals surface area contributed by atoms with E-state index in [2.05, 4.69) is 9.97 Å². The van der Waals surface area contributed by atoms with Crippen molar-refractivity contribution >= 4 is 15.8 Å². The highest BCUT2D eigenvalue weighted by molar-refractivity contribution is 7.92. The summed E-state index contributed by atoms with van der Waals surface area (Å²) >= 11 is 0. The van der Waals surface area contributed by atoms with Crippen LogP contribution in [0.15, 0.2) is 35.5 Å². The van der Waals surface area contributed by atoms with Crippen molar-refractivity contribution in [1.82, 2.24) is 9.97 Å². The Balaban J connectivity index is 2.01. The van der Waals surface area contributed by atoms with E-state index in [1.165, 1.54) is 12.3 Å². The van der Waals surface area contributed by atoms with E-state index in [-0.39, 0.29) is 29.2 Å². The molecule has 3 rings (SSSR count). The fourth-order valence-corrected chi connectivity index (χ4v) is 3.77. The van der Waals surface area contributed by atoms with Crippen LogP contribution in [0, 0.1) is 6.92 Å². The number of aromatic nitrogens is 2. The number of anilines is 1. The van der Waals surface area contributed by atoms with Crippen LogP contribution in [0.2, 0.25) is 0 Å². The maximum absolute atomic E-state index is 12.7. The molecule has 0 amide bonds. The second-order valence-electron chi connectivity index (χ2n) is 5.17. The molecule has 0 spiro atoms. The molecule has 122 valence electrons. The van der Waals surface area contributed by atoms with Crippen LogP contribution in [-0.2, 0) is 22.6 Å². The third kappa shape index (κ3) is 2.76. The number of fused-ring (bicyclic) bond motifs is 1. The van der Waals surface area contributed by atoms with Crippen LogP contribution in [0.5, 0.6) is 0 Å². The van der Waals surface area contributed by atoms with Gasteiger partial charge in [0.25, 0.3) is 10.0 Å². The molecule has 0 fully saturated rings. The Morgan fingerprint density at radius 3 is 2.52 bits per heavy atom. The standard InChI is InChI=1S/C14H12F3N3O2S/c1-9-2-3-12(8-18-9)23(21,22)20-5-4-10-6-11(14(15,16)17)7-19-13(10)20/h2-3,6-8H,4-5H2,1H3. The van der Waals surface area contributed by atoms with Gasteiger partial charge in [-0.05, 0) is 37.1 Å². The summed E-state index contributed by atoms with van der Waals surface area (Å²) in [5, 5.41) is 0. The Bertz CT molecular complexity index is 849. The maximum Gasteiger partial charge on any atom is 0.417 e. The highest BCUT2D eigenvalue weighted by Crippen LogP contribution is 2.35. The SMILES string of the molecule is Cc1ccc(S(=O)(=O)N2CCc3cc(C(F)(F)F)cnc32)cn1. The molecule has 0 N–H and O–H groups in total. The van der Waals surface area contributed by atoms with Crippen molar-refractivity contribution in [3.05, 3.63) is 47.4 Å². The molecule has 0 unspecified atom stereocenters. The largest absolute Gasteiger partial charge is 0.417 e. The molecule has 0 bridgehead atoms. The van der Waals surface area contributed by atoms with Crippen molar-refractivity contribution in [3.8, 4) is 0 Å². The van der Waals surface area contributed by atoms with Crippen molar-refractivity contribution in [2.45, 2.75) is 24.4 Å². The van der Waals surface area contributed by atoms with E-state index in [1.807, 2.05) is 0 Å². The van der Waals surface area contributed by atoms with Crippen molar-refractivity contribution in [2.24, 2.45) is 0 Å². The molecule has 0 aromatic carbocycles. The van der Waals surface area contributed by atoms with Gasteiger partial charge in [0.1, 0.15) is 10.7 Å². The van der Waals surface area contributed by atoms with Gasteiger partial charge in [0.2, 0.25) is 0 Å². The molecule has 2 aromatic rings. The number of alkyl halides is 3. The normalized spacial score (nSPS) is 14.9. The van der Waals surface area contributed by atoms with Gasteiger partial charge in [-0.2, -0.15) is 13.2 Å². The molecule has 0 saturated heterocycles. The van der Waals surface area contributed by atoms with Gasteiger partial charge in [0.15, 0.2) is 0 Å². The molecule has 0 saturated carbocycles. The van der Waals surface area contributed by atoms with E-state index < -0.39 is 21.8 Å². The fraction of sp³-hybridized carbons (Fsp3) is 0.286. The first-order valence-corrected chi connectivity index (χ1v) is 8.15. The monoisotopic (exact) mass is 343 g/mol. The molecule has 1 aliphatic heterocycles. The van der Waals surface area contributed by atoms with Crippen LogP contribution in [0.3, 0.4) is 0 Å². The number of pyridine rings is 2. The molecule has 3 heterocycles. The summed E-state index contributed by atoms with van der Waals surface area (Å²) in [5.74, 6) is 0.0403. The second kappa shape index (κ2) is 5.19. The molecule has 2 aromatic heterocycles. The number of hydrogen-bond donors (Lipinski definition) is 0. The van der Waals surface area contributed by atoms with Crippen LogP contribution >= 0.6 is 0 Å². The molecular formula is C14H12F3N3O2S. The minimum Gasteiger partial charge on any atom is -0.260 e. The summed E-state index contributed by atoms with van der Waals surface area (Å²) < 4.78 is 64.4. The number of rotatable bonds is 2. The highest BCUT2D eigenvalue weighted by Gasteiger charge is 2.36. The van der Waals surface area contributed by atoms with E-state index in [4.69, 9.17) is 0 Å². The van der Waals surface area contributed by atoms with Crippen LogP contribution < -0.4 is 4.31 Å². The smallest absolute Gasteiger partial charge is 0.260 e. The lowest BCUT2D eigenvalue weighted by molar-refractivity contribution is -0.137. The highest BCUT2D eigenvalue weighted by atomic mass is 32.2. The second-order valence-corrected chi connectivity index (χ2v) is 7.03. The third-order valence-corrected chi connectivity index (χ3v) is 5.34. The van der Waals surface area contributed by atoms with Gasteiger partial charge in [-0.1, -0.05) is 0 Å². The van der Waals surface area contributed by atoms with Gasteiger partial charge in [-0.25, -0.2) is 17.7 Å². The quantitative estimate of drug-likeness (QED) is 0.841. The topological polar surface area (TPSA) is 63.2 Å². The molecule has 23 heavy (non-hydrogen) atoms. The zero-order valence-corrected chi connectivity index (χ0v) is 12.8. The van der Waals surface area contributed by atoms with E-state index in [1.54, 1.807) is 13.0 Å². The van der Waals surface area contributed by atoms with E-state index >= 15 is 0 Å².